The number of nitrogens with zero attached hydrogens (tertiary/aromatic N) is 1. The van der Waals surface area contributed by atoms with Crippen LogP contribution in [0.2, 0.25) is 0 Å². The van der Waals surface area contributed by atoms with Crippen molar-refractivity contribution >= 4 is 6.21 Å². The van der Waals surface area contributed by atoms with Gasteiger partial charge < -0.3 is 0 Å². The van der Waals surface area contributed by atoms with Gasteiger partial charge in [0.15, 0.2) is 0 Å². The van der Waals surface area contributed by atoms with Gasteiger partial charge in [0.05, 0.1) is 6.04 Å². The van der Waals surface area contributed by atoms with Crippen molar-refractivity contribution in [3.8, 4) is 0 Å². The first-order valence-corrected chi connectivity index (χ1v) is 2.74. The Morgan fingerprint density at radius 2 is 2.62 bits per heavy atom. The van der Waals surface area contributed by atoms with E-state index >= 15 is 0 Å². The molecule has 0 radical (unpaired) electrons. The molecular formula is C7H9N. The summed E-state index contributed by atoms with van der Waals surface area (Å²) < 4.78 is 0. The molecule has 0 saturated carbocycles. The van der Waals surface area contributed by atoms with E-state index in [1.807, 2.05) is 18.4 Å². The SMILES string of the molecule is C=CCC1C=CC=N1. The molecule has 0 amide bonds. The van der Waals surface area contributed by atoms with Gasteiger partial charge in [-0.1, -0.05) is 12.2 Å². The minimum atomic E-state index is 0.382. The Hall–Kier alpha value is -0.850. The summed E-state index contributed by atoms with van der Waals surface area (Å²) in [6, 6.07) is 0.382. The van der Waals surface area contributed by atoms with Crippen LogP contribution in [0.1, 0.15) is 6.42 Å². The van der Waals surface area contributed by atoms with Crippen LogP contribution in [0.5, 0.6) is 0 Å². The van der Waals surface area contributed by atoms with Crippen molar-refractivity contribution in [1.29, 1.82) is 0 Å². The molecule has 1 nitrogen and oxygen atoms in total. The van der Waals surface area contributed by atoms with Crippen LogP contribution in [0.3, 0.4) is 0 Å². The molecule has 0 aliphatic carbocycles. The molecule has 0 N–H and O–H groups in total. The number of aliphatic imine (C=N–C) groups is 1. The molecule has 8 heavy (non-hydrogen) atoms. The highest BCUT2D eigenvalue weighted by Gasteiger charge is 1.98. The Morgan fingerprint density at radius 1 is 1.75 bits per heavy atom. The molecule has 1 aliphatic rings. The minimum absolute atomic E-state index is 0.382. The third-order valence-electron chi connectivity index (χ3n) is 1.11. The fourth-order valence-corrected chi connectivity index (χ4v) is 0.698. The Balaban J connectivity index is 2.37. The second kappa shape index (κ2) is 2.46. The zero-order valence-corrected chi connectivity index (χ0v) is 4.75. The molecule has 42 valence electrons. The van der Waals surface area contributed by atoms with Crippen LogP contribution in [0, 0.1) is 0 Å². The van der Waals surface area contributed by atoms with Gasteiger partial charge in [0.2, 0.25) is 0 Å². The molecule has 0 aromatic rings. The predicted molar refractivity (Wildman–Crippen MR) is 36.2 cm³/mol. The zero-order chi connectivity index (χ0) is 5.82. The lowest BCUT2D eigenvalue weighted by Gasteiger charge is -1.95. The van der Waals surface area contributed by atoms with Crippen LogP contribution in [0.15, 0.2) is 29.8 Å². The van der Waals surface area contributed by atoms with Gasteiger partial charge in [0.25, 0.3) is 0 Å². The molecule has 1 unspecified atom stereocenters. The Bertz CT molecular complexity index is 121. The third kappa shape index (κ3) is 1.06. The van der Waals surface area contributed by atoms with Crippen molar-refractivity contribution in [2.24, 2.45) is 4.99 Å². The molecule has 0 spiro atoms. The largest absolute Gasteiger partial charge is 0.285 e. The molecule has 1 rings (SSSR count). The van der Waals surface area contributed by atoms with E-state index in [1.54, 1.807) is 0 Å². The van der Waals surface area contributed by atoms with Gasteiger partial charge in [-0.3, -0.25) is 4.99 Å². The number of hydrogen-bond acceptors (Lipinski definition) is 1. The number of rotatable bonds is 2. The molecule has 1 heterocycles. The van der Waals surface area contributed by atoms with Crippen molar-refractivity contribution in [2.45, 2.75) is 12.5 Å². The third-order valence-corrected chi connectivity index (χ3v) is 1.11. The van der Waals surface area contributed by atoms with Gasteiger partial charge in [0, 0.05) is 6.21 Å². The topological polar surface area (TPSA) is 12.4 Å². The zero-order valence-electron chi connectivity index (χ0n) is 4.75. The molecule has 1 atom stereocenters. The summed E-state index contributed by atoms with van der Waals surface area (Å²) in [6.45, 7) is 3.62. The molecular weight excluding hydrogens is 98.1 g/mol. The van der Waals surface area contributed by atoms with E-state index in [1.165, 1.54) is 0 Å². The van der Waals surface area contributed by atoms with Gasteiger partial charge in [-0.15, -0.1) is 6.58 Å². The average molecular weight is 107 g/mol. The summed E-state index contributed by atoms with van der Waals surface area (Å²) in [6.07, 6.45) is 8.72. The summed E-state index contributed by atoms with van der Waals surface area (Å²) >= 11 is 0. The smallest absolute Gasteiger partial charge is 0.0717 e. The quantitative estimate of drug-likeness (QED) is 0.475. The van der Waals surface area contributed by atoms with Crippen LogP contribution in [0.4, 0.5) is 0 Å². The maximum atomic E-state index is 4.12. The lowest BCUT2D eigenvalue weighted by atomic mass is 10.2. The van der Waals surface area contributed by atoms with Gasteiger partial charge in [-0.25, -0.2) is 0 Å². The summed E-state index contributed by atoms with van der Waals surface area (Å²) in [5.74, 6) is 0. The van der Waals surface area contributed by atoms with Crippen molar-refractivity contribution in [2.75, 3.05) is 0 Å². The van der Waals surface area contributed by atoms with Crippen molar-refractivity contribution in [3.63, 3.8) is 0 Å². The van der Waals surface area contributed by atoms with E-state index in [4.69, 9.17) is 0 Å². The van der Waals surface area contributed by atoms with Gasteiger partial charge in [0.1, 0.15) is 0 Å². The lowest BCUT2D eigenvalue weighted by molar-refractivity contribution is 0.855. The standard InChI is InChI=1S/C7H9N/c1-2-4-7-5-3-6-8-7/h2-3,5-7H,1,4H2. The highest BCUT2D eigenvalue weighted by molar-refractivity contribution is 5.74. The molecule has 0 aromatic carbocycles. The molecule has 0 fully saturated rings. The van der Waals surface area contributed by atoms with Crippen LogP contribution in [0.25, 0.3) is 0 Å². The monoisotopic (exact) mass is 107 g/mol. The van der Waals surface area contributed by atoms with Crippen molar-refractivity contribution < 1.29 is 0 Å². The maximum absolute atomic E-state index is 4.12. The molecule has 1 aliphatic heterocycles. The predicted octanol–water partition coefficient (Wildman–Crippen LogP) is 1.57. The Morgan fingerprint density at radius 3 is 3.12 bits per heavy atom. The van der Waals surface area contributed by atoms with Gasteiger partial charge in [-0.2, -0.15) is 0 Å². The van der Waals surface area contributed by atoms with Crippen LogP contribution < -0.4 is 0 Å². The maximum Gasteiger partial charge on any atom is 0.0717 e. The fourth-order valence-electron chi connectivity index (χ4n) is 0.698. The number of hydrogen-bond donors (Lipinski definition) is 0. The van der Waals surface area contributed by atoms with Gasteiger partial charge in [-0.05, 0) is 12.5 Å². The second-order valence-electron chi connectivity index (χ2n) is 1.77. The first-order chi connectivity index (χ1) is 3.93. The second-order valence-corrected chi connectivity index (χ2v) is 1.77. The normalized spacial score (nSPS) is 24.2. The molecule has 0 saturated heterocycles. The van der Waals surface area contributed by atoms with Crippen LogP contribution in [-0.4, -0.2) is 12.3 Å². The van der Waals surface area contributed by atoms with E-state index < -0.39 is 0 Å². The average Bonchev–Trinajstić information content (AvgIpc) is 2.19. The van der Waals surface area contributed by atoms with Crippen LogP contribution in [-0.2, 0) is 0 Å². The highest BCUT2D eigenvalue weighted by atomic mass is 14.8. The van der Waals surface area contributed by atoms with E-state index in [9.17, 15) is 0 Å². The molecule has 0 bridgehead atoms. The summed E-state index contributed by atoms with van der Waals surface area (Å²) in [7, 11) is 0. The summed E-state index contributed by atoms with van der Waals surface area (Å²) in [5, 5.41) is 0. The van der Waals surface area contributed by atoms with E-state index in [0.29, 0.717) is 6.04 Å². The van der Waals surface area contributed by atoms with Crippen molar-refractivity contribution in [3.05, 3.63) is 24.8 Å². The lowest BCUT2D eigenvalue weighted by Crippen LogP contribution is -1.91. The Labute approximate surface area is 49.4 Å². The highest BCUT2D eigenvalue weighted by Crippen LogP contribution is 2.03. The summed E-state index contributed by atoms with van der Waals surface area (Å²) in [4.78, 5) is 4.12. The molecule has 1 heteroatoms. The Kier molecular flexibility index (Phi) is 1.62. The van der Waals surface area contributed by atoms with E-state index in [0.717, 1.165) is 6.42 Å². The molecule has 0 aromatic heterocycles. The number of allylic oxidation sites excluding steroid dienone is 1. The summed E-state index contributed by atoms with van der Waals surface area (Å²) in [5.41, 5.74) is 0. The van der Waals surface area contributed by atoms with Crippen molar-refractivity contribution in [1.82, 2.24) is 0 Å². The first-order valence-electron chi connectivity index (χ1n) is 2.74. The fraction of sp³-hybridized carbons (Fsp3) is 0.286. The van der Waals surface area contributed by atoms with E-state index in [-0.39, 0.29) is 0 Å². The first kappa shape index (κ1) is 5.29. The minimum Gasteiger partial charge on any atom is -0.285 e. The van der Waals surface area contributed by atoms with Crippen LogP contribution >= 0.6 is 0 Å². The van der Waals surface area contributed by atoms with E-state index in [2.05, 4.69) is 17.6 Å². The van der Waals surface area contributed by atoms with Gasteiger partial charge >= 0.3 is 0 Å².